The van der Waals surface area contributed by atoms with Crippen molar-refractivity contribution in [3.05, 3.63) is 182 Å². The van der Waals surface area contributed by atoms with Gasteiger partial charge in [-0.25, -0.2) is 4.79 Å². The van der Waals surface area contributed by atoms with E-state index in [-0.39, 0.29) is 70.0 Å². The Hall–Kier alpha value is -6.77. The number of halogens is 2. The molecule has 0 spiro atoms. The van der Waals surface area contributed by atoms with Crippen LogP contribution in [0.5, 0.6) is 5.75 Å². The predicted octanol–water partition coefficient (Wildman–Crippen LogP) is 8.12. The Morgan fingerprint density at radius 1 is 0.817 bits per heavy atom. The predicted molar refractivity (Wildman–Crippen MR) is 232 cm³/mol. The Labute approximate surface area is 354 Å². The lowest BCUT2D eigenvalue weighted by molar-refractivity contribution is 0.0697. The SMILES string of the molecule is C=C(/C=N\C=C/N)CN(Cc1ccccn1)Cc1c(O)c(Cl)cc2c(-c3ccccc3C(=O)O)c3cc(Cl)c(=O)c(CN(Cc4ccccn4)Cc4cnccn4)c-3oc12. The molecule has 0 unspecified atom stereocenters. The van der Waals surface area contributed by atoms with E-state index in [1.54, 1.807) is 55.4 Å². The molecular weight excluding hydrogens is 803 g/mol. The second-order valence-corrected chi connectivity index (χ2v) is 14.7. The summed E-state index contributed by atoms with van der Waals surface area (Å²) in [6.45, 7) is 5.39. The van der Waals surface area contributed by atoms with Gasteiger partial charge in [0.25, 0.3) is 0 Å². The first-order chi connectivity index (χ1) is 29.1. The molecule has 7 rings (SSSR count). The molecule has 3 aromatic heterocycles. The monoisotopic (exact) mass is 840 g/mol. The fourth-order valence-electron chi connectivity index (χ4n) is 7.05. The van der Waals surface area contributed by atoms with Gasteiger partial charge in [0.1, 0.15) is 17.1 Å². The summed E-state index contributed by atoms with van der Waals surface area (Å²) in [4.78, 5) is 53.0. The minimum atomic E-state index is -1.18. The summed E-state index contributed by atoms with van der Waals surface area (Å²) in [6, 6.07) is 20.6. The third-order valence-electron chi connectivity index (χ3n) is 9.60. The second kappa shape index (κ2) is 18.9. The molecular formula is C45H38Cl2N8O5. The molecule has 0 bridgehead atoms. The van der Waals surface area contributed by atoms with Crippen LogP contribution in [0.1, 0.15) is 38.6 Å². The number of fused-ring (bicyclic) bond motifs is 2. The molecule has 5 aromatic rings. The molecule has 0 amide bonds. The van der Waals surface area contributed by atoms with Crippen LogP contribution in [0.3, 0.4) is 0 Å². The molecule has 15 heteroatoms. The average molecular weight is 842 g/mol. The van der Waals surface area contributed by atoms with Crippen LogP contribution in [-0.2, 0) is 32.7 Å². The maximum Gasteiger partial charge on any atom is 0.336 e. The number of aliphatic imine (C=N–C) groups is 1. The van der Waals surface area contributed by atoms with Gasteiger partial charge in [0.05, 0.1) is 43.8 Å². The third kappa shape index (κ3) is 9.41. The number of phenols is 1. The number of phenolic OH excluding ortho intramolecular Hbond substituents is 1. The number of pyridine rings is 2. The highest BCUT2D eigenvalue weighted by atomic mass is 35.5. The number of hydrogen-bond donors (Lipinski definition) is 3. The molecule has 60 heavy (non-hydrogen) atoms. The number of carboxylic acids is 1. The zero-order valence-electron chi connectivity index (χ0n) is 32.1. The molecule has 4 heterocycles. The molecule has 1 aliphatic heterocycles. The van der Waals surface area contributed by atoms with Gasteiger partial charge in [0.2, 0.25) is 5.43 Å². The van der Waals surface area contributed by atoms with Crippen LogP contribution in [0.2, 0.25) is 10.0 Å². The van der Waals surface area contributed by atoms with Gasteiger partial charge in [0, 0.05) is 105 Å². The standard InChI is InChI=1S/C45H38Cl2N8O5/c1-28(20-49-15-12-48)22-54(23-29-8-4-6-13-51-29)26-36-41(56)38(46)18-34-40(32-10-2-3-11-33(32)45(58)59)35-19-39(47)42(57)37(44(35)60-43(34)36)27-55(24-30-9-5-7-14-52-30)25-31-21-50-16-17-53-31/h2-21,56H,1,22-27,48H2,(H,58,59)/b15-12-,49-20-. The molecule has 13 nitrogen and oxygen atoms in total. The molecule has 2 aromatic carbocycles. The van der Waals surface area contributed by atoms with Crippen molar-refractivity contribution in [1.82, 2.24) is 29.7 Å². The van der Waals surface area contributed by atoms with Crippen molar-refractivity contribution in [2.24, 2.45) is 10.7 Å². The molecule has 0 fully saturated rings. The zero-order valence-corrected chi connectivity index (χ0v) is 33.6. The first kappa shape index (κ1) is 41.4. The van der Waals surface area contributed by atoms with E-state index in [9.17, 15) is 19.8 Å². The summed E-state index contributed by atoms with van der Waals surface area (Å²) in [6.07, 6.45) is 12.5. The highest BCUT2D eigenvalue weighted by Gasteiger charge is 2.30. The summed E-state index contributed by atoms with van der Waals surface area (Å²) in [5, 5.41) is 22.6. The Morgan fingerprint density at radius 2 is 1.48 bits per heavy atom. The molecule has 302 valence electrons. The maximum absolute atomic E-state index is 14.3. The van der Waals surface area contributed by atoms with E-state index in [4.69, 9.17) is 33.4 Å². The number of rotatable bonds is 16. The number of carboxylic acid groups (broad SMARTS) is 1. The number of hydrogen-bond acceptors (Lipinski definition) is 12. The minimum absolute atomic E-state index is 0.00911. The Bertz CT molecular complexity index is 2710. The maximum atomic E-state index is 14.3. The van der Waals surface area contributed by atoms with Crippen LogP contribution in [0.15, 0.2) is 143 Å². The van der Waals surface area contributed by atoms with E-state index in [2.05, 4.69) is 31.5 Å². The fraction of sp³-hybridized carbons (Fsp3) is 0.133. The van der Waals surface area contributed by atoms with Crippen LogP contribution in [0, 0.1) is 0 Å². The quantitative estimate of drug-likeness (QED) is 0.0628. The van der Waals surface area contributed by atoms with Crippen molar-refractivity contribution >= 4 is 46.4 Å². The molecule has 0 saturated heterocycles. The van der Waals surface area contributed by atoms with Crippen LogP contribution in [-0.4, -0.2) is 58.7 Å². The molecule has 4 N–H and O–H groups in total. The first-order valence-corrected chi connectivity index (χ1v) is 19.4. The Morgan fingerprint density at radius 3 is 2.15 bits per heavy atom. The van der Waals surface area contributed by atoms with Crippen molar-refractivity contribution in [1.29, 1.82) is 0 Å². The zero-order chi connectivity index (χ0) is 42.2. The highest BCUT2D eigenvalue weighted by molar-refractivity contribution is 6.33. The molecule has 0 radical (unpaired) electrons. The van der Waals surface area contributed by atoms with Gasteiger partial charge in [0.15, 0.2) is 0 Å². The summed E-state index contributed by atoms with van der Waals surface area (Å²) < 4.78 is 6.87. The number of nitrogens with two attached hydrogens (primary N) is 1. The lowest BCUT2D eigenvalue weighted by atomic mass is 9.88. The number of carbonyl (C=O) groups is 1. The van der Waals surface area contributed by atoms with Crippen LogP contribution >= 0.6 is 23.2 Å². The van der Waals surface area contributed by atoms with Gasteiger partial charge in [-0.3, -0.25) is 39.5 Å². The van der Waals surface area contributed by atoms with E-state index in [1.807, 2.05) is 46.2 Å². The van der Waals surface area contributed by atoms with E-state index >= 15 is 0 Å². The highest BCUT2D eigenvalue weighted by Crippen LogP contribution is 2.47. The summed E-state index contributed by atoms with van der Waals surface area (Å²) >= 11 is 13.7. The van der Waals surface area contributed by atoms with Gasteiger partial charge in [-0.1, -0.05) is 60.1 Å². The summed E-state index contributed by atoms with van der Waals surface area (Å²) in [5.74, 6) is -1.30. The molecule has 0 saturated carbocycles. The minimum Gasteiger partial charge on any atom is -0.506 e. The smallest absolute Gasteiger partial charge is 0.336 e. The molecule has 0 atom stereocenters. The summed E-state index contributed by atoms with van der Waals surface area (Å²) in [5.41, 5.74) is 9.42. The van der Waals surface area contributed by atoms with Crippen molar-refractivity contribution in [3.8, 4) is 28.2 Å². The first-order valence-electron chi connectivity index (χ1n) is 18.6. The molecule has 2 aliphatic rings. The summed E-state index contributed by atoms with van der Waals surface area (Å²) in [7, 11) is 0. The number of aromatic hydroxyl groups is 1. The van der Waals surface area contributed by atoms with Crippen molar-refractivity contribution in [2.75, 3.05) is 6.54 Å². The van der Waals surface area contributed by atoms with E-state index in [1.165, 1.54) is 30.6 Å². The van der Waals surface area contributed by atoms with Gasteiger partial charge >= 0.3 is 5.97 Å². The number of nitrogens with zero attached hydrogens (tertiary/aromatic N) is 7. The number of aromatic carboxylic acids is 1. The Balaban J connectivity index is 1.48. The van der Waals surface area contributed by atoms with Gasteiger partial charge in [-0.05, 0) is 53.6 Å². The number of benzene rings is 3. The lowest BCUT2D eigenvalue weighted by Gasteiger charge is -2.26. The van der Waals surface area contributed by atoms with Crippen molar-refractivity contribution < 1.29 is 19.4 Å². The van der Waals surface area contributed by atoms with Gasteiger partial charge in [-0.2, -0.15) is 0 Å². The van der Waals surface area contributed by atoms with Crippen LogP contribution in [0.4, 0.5) is 0 Å². The largest absolute Gasteiger partial charge is 0.506 e. The average Bonchev–Trinajstić information content (AvgIpc) is 3.25. The number of aromatic nitrogens is 4. The Kier molecular flexibility index (Phi) is 13.0. The second-order valence-electron chi connectivity index (χ2n) is 13.8. The van der Waals surface area contributed by atoms with Gasteiger partial charge in [-0.15, -0.1) is 0 Å². The van der Waals surface area contributed by atoms with E-state index in [0.717, 1.165) is 11.4 Å². The fourth-order valence-corrected chi connectivity index (χ4v) is 7.50. The van der Waals surface area contributed by atoms with E-state index in [0.29, 0.717) is 46.4 Å². The van der Waals surface area contributed by atoms with Crippen LogP contribution in [0.25, 0.3) is 33.4 Å². The van der Waals surface area contributed by atoms with E-state index < -0.39 is 11.4 Å². The normalized spacial score (nSPS) is 11.8. The molecule has 1 aliphatic carbocycles. The van der Waals surface area contributed by atoms with Crippen molar-refractivity contribution in [2.45, 2.75) is 32.7 Å². The van der Waals surface area contributed by atoms with Crippen molar-refractivity contribution in [3.63, 3.8) is 0 Å². The van der Waals surface area contributed by atoms with Crippen LogP contribution < -0.4 is 11.2 Å². The lowest BCUT2D eigenvalue weighted by Crippen LogP contribution is -2.27. The topological polar surface area (TPSA) is 184 Å². The third-order valence-corrected chi connectivity index (χ3v) is 10.2. The van der Waals surface area contributed by atoms with Gasteiger partial charge < -0.3 is 20.4 Å².